The molecule has 0 bridgehead atoms. The second-order valence-corrected chi connectivity index (χ2v) is 14.1. The standard InChI is InChI=1S/C50H42N2/c1-33-10-20-39(21-11-33)44-31-46(41-24-14-35(3)15-25-41)51-49(44)48(43-28-18-38(19-29-43)30-37-8-6-5-7-9-37)50-45(40-22-12-34(2)13-23-40)32-47(52-50)42-26-16-36(4)17-27-42/h5-29,31-32,51H,30H2,1-4H3/b50-48-. The van der Waals surface area contributed by atoms with Crippen molar-refractivity contribution >= 4 is 16.9 Å². The Morgan fingerprint density at radius 1 is 0.500 bits per heavy atom. The maximum atomic E-state index is 5.54. The van der Waals surface area contributed by atoms with Crippen LogP contribution in [0.4, 0.5) is 0 Å². The summed E-state index contributed by atoms with van der Waals surface area (Å²) in [6.07, 6.45) is 3.15. The van der Waals surface area contributed by atoms with E-state index < -0.39 is 0 Å². The van der Waals surface area contributed by atoms with Gasteiger partial charge in [0, 0.05) is 28.0 Å². The third-order valence-corrected chi connectivity index (χ3v) is 10.0. The molecule has 1 aromatic heterocycles. The number of hydrogen-bond acceptors (Lipinski definition) is 1. The van der Waals surface area contributed by atoms with Crippen LogP contribution in [0.1, 0.15) is 55.8 Å². The number of nitrogens with zero attached hydrogens (tertiary/aromatic N) is 1. The Hall–Kier alpha value is -6.25. The molecule has 8 rings (SSSR count). The molecule has 0 unspecified atom stereocenters. The number of aliphatic imine (C=N–C) groups is 1. The molecule has 1 aliphatic rings. The van der Waals surface area contributed by atoms with Crippen LogP contribution in [0.15, 0.2) is 174 Å². The smallest absolute Gasteiger partial charge is 0.0815 e. The minimum Gasteiger partial charge on any atom is -0.354 e. The van der Waals surface area contributed by atoms with E-state index in [1.54, 1.807) is 0 Å². The molecule has 252 valence electrons. The number of aryl methyl sites for hydroxylation is 4. The Morgan fingerprint density at radius 3 is 1.58 bits per heavy atom. The lowest BCUT2D eigenvalue weighted by molar-refractivity contribution is 1.19. The minimum absolute atomic E-state index is 0.881. The highest BCUT2D eigenvalue weighted by Crippen LogP contribution is 2.43. The Kier molecular flexibility index (Phi) is 8.97. The average Bonchev–Trinajstić information content (AvgIpc) is 3.80. The summed E-state index contributed by atoms with van der Waals surface area (Å²) in [5.74, 6) is 0. The van der Waals surface area contributed by atoms with Crippen LogP contribution in [0.2, 0.25) is 0 Å². The van der Waals surface area contributed by atoms with Crippen LogP contribution in [0.5, 0.6) is 0 Å². The van der Waals surface area contributed by atoms with Crippen molar-refractivity contribution in [2.24, 2.45) is 4.99 Å². The number of rotatable bonds is 8. The highest BCUT2D eigenvalue weighted by atomic mass is 14.8. The molecule has 0 spiro atoms. The maximum Gasteiger partial charge on any atom is 0.0815 e. The van der Waals surface area contributed by atoms with Gasteiger partial charge in [-0.05, 0) is 79.6 Å². The second-order valence-electron chi connectivity index (χ2n) is 14.1. The SMILES string of the molecule is Cc1ccc(C2=CC(c3ccc(C)cc3)=N/C2=C(/c2ccc(Cc3ccccc3)cc2)c2[nH]c(-c3ccc(C)cc3)cc2-c2ccc(C)cc2)cc1. The van der Waals surface area contributed by atoms with Crippen molar-refractivity contribution in [3.63, 3.8) is 0 Å². The van der Waals surface area contributed by atoms with Crippen molar-refractivity contribution in [1.82, 2.24) is 4.98 Å². The van der Waals surface area contributed by atoms with E-state index in [1.165, 1.54) is 33.4 Å². The summed E-state index contributed by atoms with van der Waals surface area (Å²) in [4.78, 5) is 9.49. The zero-order valence-corrected chi connectivity index (χ0v) is 30.2. The number of allylic oxidation sites excluding steroid dienone is 2. The van der Waals surface area contributed by atoms with Gasteiger partial charge in [0.1, 0.15) is 0 Å². The Balaban J connectivity index is 1.39. The molecule has 0 atom stereocenters. The zero-order chi connectivity index (χ0) is 35.6. The summed E-state index contributed by atoms with van der Waals surface area (Å²) in [5.41, 5.74) is 20.6. The van der Waals surface area contributed by atoms with Gasteiger partial charge in [0.2, 0.25) is 0 Å². The van der Waals surface area contributed by atoms with Crippen LogP contribution in [-0.4, -0.2) is 10.7 Å². The maximum absolute atomic E-state index is 5.54. The molecule has 0 aliphatic carbocycles. The number of nitrogens with one attached hydrogen (secondary N) is 1. The van der Waals surface area contributed by atoms with E-state index >= 15 is 0 Å². The molecule has 1 aliphatic heterocycles. The molecule has 52 heavy (non-hydrogen) atoms. The first kappa shape index (κ1) is 32.9. The van der Waals surface area contributed by atoms with Crippen LogP contribution in [0, 0.1) is 27.7 Å². The molecular formula is C50H42N2. The predicted molar refractivity (Wildman–Crippen MR) is 220 cm³/mol. The summed E-state index contributed by atoms with van der Waals surface area (Å²) in [6.45, 7) is 8.54. The van der Waals surface area contributed by atoms with E-state index in [0.29, 0.717) is 0 Å². The zero-order valence-electron chi connectivity index (χ0n) is 30.2. The fraction of sp³-hybridized carbons (Fsp3) is 0.100. The quantitative estimate of drug-likeness (QED) is 0.167. The topological polar surface area (TPSA) is 28.1 Å². The van der Waals surface area contributed by atoms with E-state index in [2.05, 4.69) is 196 Å². The van der Waals surface area contributed by atoms with Crippen LogP contribution >= 0.6 is 0 Å². The van der Waals surface area contributed by atoms with E-state index in [-0.39, 0.29) is 0 Å². The van der Waals surface area contributed by atoms with Crippen LogP contribution < -0.4 is 0 Å². The van der Waals surface area contributed by atoms with Gasteiger partial charge in [0.15, 0.2) is 0 Å². The van der Waals surface area contributed by atoms with Gasteiger partial charge in [0.25, 0.3) is 0 Å². The molecule has 2 heterocycles. The number of H-pyrrole nitrogens is 1. The first-order valence-electron chi connectivity index (χ1n) is 18.1. The summed E-state index contributed by atoms with van der Waals surface area (Å²) in [7, 11) is 0. The third kappa shape index (κ3) is 6.89. The summed E-state index contributed by atoms with van der Waals surface area (Å²) in [5, 5.41) is 0. The molecule has 0 fully saturated rings. The average molecular weight is 671 g/mol. The number of benzene rings is 6. The van der Waals surface area contributed by atoms with Crippen LogP contribution in [0.3, 0.4) is 0 Å². The molecular weight excluding hydrogens is 629 g/mol. The highest BCUT2D eigenvalue weighted by Gasteiger charge is 2.26. The largest absolute Gasteiger partial charge is 0.354 e. The normalized spacial score (nSPS) is 13.5. The molecule has 1 N–H and O–H groups in total. The van der Waals surface area contributed by atoms with E-state index in [0.717, 1.165) is 73.7 Å². The summed E-state index contributed by atoms with van der Waals surface area (Å²) >= 11 is 0. The Bertz CT molecular complexity index is 2440. The monoisotopic (exact) mass is 670 g/mol. The predicted octanol–water partition coefficient (Wildman–Crippen LogP) is 12.5. The van der Waals surface area contributed by atoms with Gasteiger partial charge in [-0.2, -0.15) is 0 Å². The molecule has 2 nitrogen and oxygen atoms in total. The van der Waals surface area contributed by atoms with Crippen molar-refractivity contribution in [2.75, 3.05) is 0 Å². The van der Waals surface area contributed by atoms with Gasteiger partial charge in [-0.1, -0.05) is 174 Å². The van der Waals surface area contributed by atoms with Crippen molar-refractivity contribution in [3.8, 4) is 22.4 Å². The molecule has 7 aromatic rings. The first-order chi connectivity index (χ1) is 25.4. The number of aromatic amines is 1. The second kappa shape index (κ2) is 14.2. The van der Waals surface area contributed by atoms with E-state index in [4.69, 9.17) is 4.99 Å². The van der Waals surface area contributed by atoms with Crippen molar-refractivity contribution in [3.05, 3.63) is 225 Å². The Morgan fingerprint density at radius 2 is 1.00 bits per heavy atom. The number of hydrogen-bond donors (Lipinski definition) is 1. The minimum atomic E-state index is 0.881. The fourth-order valence-electron chi connectivity index (χ4n) is 6.96. The molecule has 0 saturated carbocycles. The lowest BCUT2D eigenvalue weighted by Crippen LogP contribution is -1.99. The van der Waals surface area contributed by atoms with Crippen molar-refractivity contribution in [2.45, 2.75) is 34.1 Å². The molecule has 2 heteroatoms. The molecule has 6 aromatic carbocycles. The van der Waals surface area contributed by atoms with Gasteiger partial charge in [-0.3, -0.25) is 0 Å². The van der Waals surface area contributed by atoms with Crippen LogP contribution in [-0.2, 0) is 6.42 Å². The van der Waals surface area contributed by atoms with Gasteiger partial charge in [-0.15, -0.1) is 0 Å². The summed E-state index contributed by atoms with van der Waals surface area (Å²) in [6, 6.07) is 57.2. The third-order valence-electron chi connectivity index (χ3n) is 10.0. The first-order valence-corrected chi connectivity index (χ1v) is 18.1. The molecule has 0 amide bonds. The van der Waals surface area contributed by atoms with Gasteiger partial charge in [-0.25, -0.2) is 4.99 Å². The van der Waals surface area contributed by atoms with Crippen LogP contribution in [0.25, 0.3) is 33.5 Å². The van der Waals surface area contributed by atoms with Gasteiger partial charge >= 0.3 is 0 Å². The molecule has 0 saturated heterocycles. The Labute approximate surface area is 307 Å². The molecule has 0 radical (unpaired) electrons. The lowest BCUT2D eigenvalue weighted by Gasteiger charge is -2.16. The fourth-order valence-corrected chi connectivity index (χ4v) is 6.96. The highest BCUT2D eigenvalue weighted by molar-refractivity contribution is 6.20. The van der Waals surface area contributed by atoms with Crippen molar-refractivity contribution < 1.29 is 0 Å². The number of aromatic nitrogens is 1. The van der Waals surface area contributed by atoms with Gasteiger partial charge < -0.3 is 4.98 Å². The summed E-state index contributed by atoms with van der Waals surface area (Å²) < 4.78 is 0. The van der Waals surface area contributed by atoms with E-state index in [9.17, 15) is 0 Å². The lowest BCUT2D eigenvalue weighted by atomic mass is 9.90. The van der Waals surface area contributed by atoms with Crippen molar-refractivity contribution in [1.29, 1.82) is 0 Å². The van der Waals surface area contributed by atoms with Gasteiger partial charge in [0.05, 0.1) is 17.1 Å². The van der Waals surface area contributed by atoms with E-state index in [1.807, 2.05) is 0 Å².